The molecule has 0 radical (unpaired) electrons. The number of halogens is 1. The Hall–Kier alpha value is -3.22. The van der Waals surface area contributed by atoms with Gasteiger partial charge in [-0.15, -0.1) is 0 Å². The number of nitrogens with one attached hydrogen (secondary N) is 1. The molecular weight excluding hydrogens is 315 g/mol. The maximum atomic E-state index is 13.1. The predicted molar refractivity (Wildman–Crippen MR) is 84.9 cm³/mol. The van der Waals surface area contributed by atoms with E-state index in [1.807, 2.05) is 0 Å². The number of rotatable bonds is 5. The lowest BCUT2D eigenvalue weighted by Gasteiger charge is -2.13. The number of benzene rings is 2. The van der Waals surface area contributed by atoms with Gasteiger partial charge in [0, 0.05) is 11.3 Å². The summed E-state index contributed by atoms with van der Waals surface area (Å²) in [4.78, 5) is 34.8. The van der Waals surface area contributed by atoms with E-state index >= 15 is 0 Å². The van der Waals surface area contributed by atoms with Crippen LogP contribution in [0.15, 0.2) is 48.5 Å². The molecule has 0 spiro atoms. The van der Waals surface area contributed by atoms with Gasteiger partial charge in [-0.25, -0.2) is 9.18 Å². The molecule has 6 nitrogen and oxygen atoms in total. The highest BCUT2D eigenvalue weighted by molar-refractivity contribution is 5.98. The zero-order chi connectivity index (χ0) is 17.7. The molecule has 7 heteroatoms. The molecule has 1 atom stereocenters. The molecule has 24 heavy (non-hydrogen) atoms. The lowest BCUT2D eigenvalue weighted by molar-refractivity contribution is -0.123. The van der Waals surface area contributed by atoms with Gasteiger partial charge in [0.05, 0.1) is 5.56 Å². The van der Waals surface area contributed by atoms with Crippen molar-refractivity contribution >= 4 is 23.5 Å². The Labute approximate surface area is 137 Å². The maximum Gasteiger partial charge on any atom is 0.339 e. The van der Waals surface area contributed by atoms with Crippen LogP contribution in [0.25, 0.3) is 0 Å². The van der Waals surface area contributed by atoms with Crippen molar-refractivity contribution in [2.75, 3.05) is 5.32 Å². The second-order valence-electron chi connectivity index (χ2n) is 4.99. The average molecular weight is 330 g/mol. The van der Waals surface area contributed by atoms with Gasteiger partial charge >= 0.3 is 5.97 Å². The van der Waals surface area contributed by atoms with E-state index in [-0.39, 0.29) is 5.56 Å². The highest BCUT2D eigenvalue weighted by Gasteiger charge is 2.19. The molecule has 0 aliphatic carbocycles. The first-order valence-corrected chi connectivity index (χ1v) is 7.04. The minimum Gasteiger partial charge on any atom is -0.449 e. The van der Waals surface area contributed by atoms with Crippen LogP contribution in [-0.4, -0.2) is 23.9 Å². The normalized spacial score (nSPS) is 11.4. The Bertz CT molecular complexity index is 774. The highest BCUT2D eigenvalue weighted by atomic mass is 19.1. The summed E-state index contributed by atoms with van der Waals surface area (Å²) in [6.07, 6.45) is -1.09. The van der Waals surface area contributed by atoms with E-state index < -0.39 is 29.7 Å². The molecule has 0 aromatic heterocycles. The molecular formula is C17H15FN2O4. The summed E-state index contributed by atoms with van der Waals surface area (Å²) in [5, 5.41) is 2.53. The van der Waals surface area contributed by atoms with Crippen molar-refractivity contribution in [2.45, 2.75) is 13.0 Å². The Balaban J connectivity index is 1.96. The summed E-state index contributed by atoms with van der Waals surface area (Å²) < 4.78 is 18.1. The third-order valence-electron chi connectivity index (χ3n) is 3.15. The van der Waals surface area contributed by atoms with Gasteiger partial charge in [-0.2, -0.15) is 0 Å². The van der Waals surface area contributed by atoms with Gasteiger partial charge in [0.25, 0.3) is 5.91 Å². The minimum atomic E-state index is -1.09. The molecule has 0 aliphatic rings. The summed E-state index contributed by atoms with van der Waals surface area (Å²) in [5.41, 5.74) is 5.86. The van der Waals surface area contributed by atoms with Crippen molar-refractivity contribution in [3.63, 3.8) is 0 Å². The van der Waals surface area contributed by atoms with E-state index in [0.717, 1.165) is 6.07 Å². The first kappa shape index (κ1) is 17.1. The highest BCUT2D eigenvalue weighted by Crippen LogP contribution is 2.11. The van der Waals surface area contributed by atoms with Gasteiger partial charge in [0.1, 0.15) is 5.82 Å². The maximum absolute atomic E-state index is 13.1. The molecule has 0 fully saturated rings. The van der Waals surface area contributed by atoms with Crippen molar-refractivity contribution in [3.8, 4) is 0 Å². The molecule has 124 valence electrons. The molecule has 0 unspecified atom stereocenters. The number of carbonyl (C=O) groups excluding carboxylic acids is 3. The number of anilines is 1. The fraction of sp³-hybridized carbons (Fsp3) is 0.118. The van der Waals surface area contributed by atoms with Crippen molar-refractivity contribution in [1.82, 2.24) is 0 Å². The number of carbonyl (C=O) groups is 3. The van der Waals surface area contributed by atoms with E-state index in [0.29, 0.717) is 11.3 Å². The van der Waals surface area contributed by atoms with E-state index in [4.69, 9.17) is 10.5 Å². The quantitative estimate of drug-likeness (QED) is 0.820. The second kappa shape index (κ2) is 7.36. The van der Waals surface area contributed by atoms with Gasteiger partial charge in [0.15, 0.2) is 6.10 Å². The summed E-state index contributed by atoms with van der Waals surface area (Å²) in [5.74, 6) is -2.52. The zero-order valence-corrected chi connectivity index (χ0v) is 12.8. The number of esters is 1. The molecule has 2 aromatic rings. The molecule has 0 bridgehead atoms. The minimum absolute atomic E-state index is 0.0143. The van der Waals surface area contributed by atoms with Gasteiger partial charge < -0.3 is 15.8 Å². The van der Waals surface area contributed by atoms with E-state index in [1.165, 1.54) is 49.4 Å². The van der Waals surface area contributed by atoms with Crippen molar-refractivity contribution < 1.29 is 23.5 Å². The second-order valence-corrected chi connectivity index (χ2v) is 4.99. The van der Waals surface area contributed by atoms with Crippen LogP contribution in [0.1, 0.15) is 27.6 Å². The number of nitrogens with two attached hydrogens (primary N) is 1. The molecule has 0 saturated heterocycles. The van der Waals surface area contributed by atoms with Crippen LogP contribution in [-0.2, 0) is 9.53 Å². The molecule has 2 aromatic carbocycles. The van der Waals surface area contributed by atoms with Crippen molar-refractivity contribution in [3.05, 3.63) is 65.5 Å². The van der Waals surface area contributed by atoms with Crippen LogP contribution in [0.5, 0.6) is 0 Å². The lowest BCUT2D eigenvalue weighted by Crippen LogP contribution is -2.30. The summed E-state index contributed by atoms with van der Waals surface area (Å²) in [7, 11) is 0. The Morgan fingerprint density at radius 1 is 1.08 bits per heavy atom. The van der Waals surface area contributed by atoms with Gasteiger partial charge in [-0.3, -0.25) is 9.59 Å². The van der Waals surface area contributed by atoms with Crippen LogP contribution in [0.2, 0.25) is 0 Å². The summed E-state index contributed by atoms with van der Waals surface area (Å²) >= 11 is 0. The molecule has 2 amide bonds. The number of ether oxygens (including phenoxy) is 1. The average Bonchev–Trinajstić information content (AvgIpc) is 2.55. The smallest absolute Gasteiger partial charge is 0.339 e. The lowest BCUT2D eigenvalue weighted by atomic mass is 10.2. The zero-order valence-electron chi connectivity index (χ0n) is 12.8. The van der Waals surface area contributed by atoms with E-state index in [1.54, 1.807) is 0 Å². The Kier molecular flexibility index (Phi) is 5.26. The van der Waals surface area contributed by atoms with Crippen LogP contribution in [0, 0.1) is 5.82 Å². The van der Waals surface area contributed by atoms with Gasteiger partial charge in [-0.05, 0) is 49.4 Å². The standard InChI is InChI=1S/C17H15FN2O4/c1-10(24-17(23)12-3-2-4-13(18)9-12)16(22)20-14-7-5-11(6-8-14)15(19)21/h2-10H,1H3,(H2,19,21)(H,20,22)/t10-/m1/s1. The largest absolute Gasteiger partial charge is 0.449 e. The van der Waals surface area contributed by atoms with Crippen LogP contribution in [0.4, 0.5) is 10.1 Å². The third kappa shape index (κ3) is 4.39. The number of primary amides is 1. The van der Waals surface area contributed by atoms with Gasteiger partial charge in [-0.1, -0.05) is 6.07 Å². The first-order chi connectivity index (χ1) is 11.4. The fourth-order valence-electron chi connectivity index (χ4n) is 1.86. The third-order valence-corrected chi connectivity index (χ3v) is 3.15. The molecule has 0 aliphatic heterocycles. The molecule has 0 heterocycles. The van der Waals surface area contributed by atoms with Crippen LogP contribution < -0.4 is 11.1 Å². The number of hydrogen-bond donors (Lipinski definition) is 2. The Morgan fingerprint density at radius 3 is 2.33 bits per heavy atom. The monoisotopic (exact) mass is 330 g/mol. The van der Waals surface area contributed by atoms with E-state index in [2.05, 4.69) is 5.32 Å². The first-order valence-electron chi connectivity index (χ1n) is 7.04. The SMILES string of the molecule is C[C@@H](OC(=O)c1cccc(F)c1)C(=O)Nc1ccc(C(N)=O)cc1. The summed E-state index contributed by atoms with van der Waals surface area (Å²) in [6.45, 7) is 1.39. The fourth-order valence-corrected chi connectivity index (χ4v) is 1.86. The summed E-state index contributed by atoms with van der Waals surface area (Å²) in [6, 6.07) is 10.9. The molecule has 0 saturated carbocycles. The van der Waals surface area contributed by atoms with Crippen molar-refractivity contribution in [2.24, 2.45) is 5.73 Å². The van der Waals surface area contributed by atoms with Crippen LogP contribution in [0.3, 0.4) is 0 Å². The van der Waals surface area contributed by atoms with E-state index in [9.17, 15) is 18.8 Å². The number of amides is 2. The van der Waals surface area contributed by atoms with Crippen LogP contribution >= 0.6 is 0 Å². The predicted octanol–water partition coefficient (Wildman–Crippen LogP) is 2.11. The van der Waals surface area contributed by atoms with Gasteiger partial charge in [0.2, 0.25) is 5.91 Å². The molecule has 2 rings (SSSR count). The number of hydrogen-bond acceptors (Lipinski definition) is 4. The Morgan fingerprint density at radius 2 is 1.75 bits per heavy atom. The topological polar surface area (TPSA) is 98.5 Å². The van der Waals surface area contributed by atoms with Crippen molar-refractivity contribution in [1.29, 1.82) is 0 Å². The molecule has 3 N–H and O–H groups in total.